The van der Waals surface area contributed by atoms with Crippen molar-refractivity contribution in [1.29, 1.82) is 0 Å². The van der Waals surface area contributed by atoms with Gasteiger partial charge in [0.15, 0.2) is 0 Å². The Hall–Kier alpha value is -0.770. The Morgan fingerprint density at radius 1 is 1.38 bits per heavy atom. The van der Waals surface area contributed by atoms with Gasteiger partial charge in [-0.05, 0) is 32.0 Å². The van der Waals surface area contributed by atoms with Gasteiger partial charge in [-0.15, -0.1) is 0 Å². The van der Waals surface area contributed by atoms with Gasteiger partial charge in [-0.3, -0.25) is 10.1 Å². The normalized spacial score (nSPS) is 12.8. The van der Waals surface area contributed by atoms with E-state index in [0.29, 0.717) is 15.6 Å². The first kappa shape index (κ1) is 13.3. The summed E-state index contributed by atoms with van der Waals surface area (Å²) in [6.45, 7) is 3.74. The van der Waals surface area contributed by atoms with E-state index < -0.39 is 12.0 Å². The zero-order valence-corrected chi connectivity index (χ0v) is 10.5. The lowest BCUT2D eigenvalue weighted by Crippen LogP contribution is -2.33. The Balaban J connectivity index is 3.10. The molecule has 0 radical (unpaired) electrons. The minimum atomic E-state index is -0.974. The van der Waals surface area contributed by atoms with Crippen LogP contribution >= 0.6 is 23.2 Å². The van der Waals surface area contributed by atoms with E-state index >= 15 is 0 Å². The molecule has 1 atom stereocenters. The van der Waals surface area contributed by atoms with Crippen molar-refractivity contribution in [3.8, 4) is 0 Å². The molecule has 16 heavy (non-hydrogen) atoms. The van der Waals surface area contributed by atoms with Crippen LogP contribution in [0, 0.1) is 0 Å². The summed E-state index contributed by atoms with van der Waals surface area (Å²) in [7, 11) is 0. The second-order valence-corrected chi connectivity index (χ2v) is 4.60. The van der Waals surface area contributed by atoms with Crippen molar-refractivity contribution < 1.29 is 9.90 Å². The number of nitrogens with one attached hydrogen (secondary N) is 1. The molecule has 1 rings (SSSR count). The molecule has 1 aromatic rings. The van der Waals surface area contributed by atoms with E-state index in [1.807, 2.05) is 13.8 Å². The second-order valence-electron chi connectivity index (χ2n) is 3.76. The van der Waals surface area contributed by atoms with E-state index in [9.17, 15) is 4.79 Å². The summed E-state index contributed by atoms with van der Waals surface area (Å²) in [5, 5.41) is 12.9. The van der Waals surface area contributed by atoms with Gasteiger partial charge in [0.05, 0.1) is 0 Å². The third-order valence-corrected chi connectivity index (χ3v) is 2.60. The van der Waals surface area contributed by atoms with Crippen molar-refractivity contribution in [2.24, 2.45) is 0 Å². The van der Waals surface area contributed by atoms with Crippen LogP contribution in [0.2, 0.25) is 10.0 Å². The predicted molar refractivity (Wildman–Crippen MR) is 65.1 cm³/mol. The molecule has 0 amide bonds. The highest BCUT2D eigenvalue weighted by atomic mass is 35.5. The van der Waals surface area contributed by atoms with Gasteiger partial charge in [-0.2, -0.15) is 0 Å². The van der Waals surface area contributed by atoms with Gasteiger partial charge in [0.1, 0.15) is 6.04 Å². The first-order chi connectivity index (χ1) is 7.41. The number of halogens is 2. The summed E-state index contributed by atoms with van der Waals surface area (Å²) in [4.78, 5) is 11.1. The molecule has 0 fully saturated rings. The zero-order chi connectivity index (χ0) is 12.3. The number of carboxylic acid groups (broad SMARTS) is 1. The first-order valence-electron chi connectivity index (χ1n) is 4.85. The molecule has 0 aromatic heterocycles. The molecule has 0 aliphatic heterocycles. The summed E-state index contributed by atoms with van der Waals surface area (Å²) >= 11 is 11.8. The quantitative estimate of drug-likeness (QED) is 0.876. The van der Waals surface area contributed by atoms with Gasteiger partial charge in [0.25, 0.3) is 0 Å². The Bertz CT molecular complexity index is 394. The van der Waals surface area contributed by atoms with Crippen LogP contribution in [0.25, 0.3) is 0 Å². The van der Waals surface area contributed by atoms with E-state index in [1.54, 1.807) is 18.2 Å². The summed E-state index contributed by atoms with van der Waals surface area (Å²) in [6, 6.07) is 3.99. The Labute approximate surface area is 104 Å². The maximum absolute atomic E-state index is 11.1. The Morgan fingerprint density at radius 3 is 2.50 bits per heavy atom. The van der Waals surface area contributed by atoms with Gasteiger partial charge in [0.2, 0.25) is 0 Å². The highest BCUT2D eigenvalue weighted by molar-refractivity contribution is 6.33. The van der Waals surface area contributed by atoms with E-state index in [1.165, 1.54) is 0 Å². The first-order valence-corrected chi connectivity index (χ1v) is 5.61. The molecule has 2 N–H and O–H groups in total. The molecular formula is C11H13Cl2NO2. The number of carbonyl (C=O) groups is 1. The van der Waals surface area contributed by atoms with E-state index in [2.05, 4.69) is 5.32 Å². The zero-order valence-electron chi connectivity index (χ0n) is 9.00. The van der Waals surface area contributed by atoms with Crippen LogP contribution in [0.15, 0.2) is 18.2 Å². The fraction of sp³-hybridized carbons (Fsp3) is 0.364. The number of benzene rings is 1. The molecule has 0 saturated heterocycles. The maximum Gasteiger partial charge on any atom is 0.325 e. The Kier molecular flexibility index (Phi) is 4.59. The van der Waals surface area contributed by atoms with Crippen LogP contribution < -0.4 is 5.32 Å². The monoisotopic (exact) mass is 261 g/mol. The van der Waals surface area contributed by atoms with E-state index in [-0.39, 0.29) is 6.04 Å². The Morgan fingerprint density at radius 2 is 2.00 bits per heavy atom. The molecule has 1 aromatic carbocycles. The summed E-state index contributed by atoms with van der Waals surface area (Å²) < 4.78 is 0. The third-order valence-electron chi connectivity index (χ3n) is 2.02. The van der Waals surface area contributed by atoms with Gasteiger partial charge in [-0.1, -0.05) is 23.2 Å². The molecule has 88 valence electrons. The largest absolute Gasteiger partial charge is 0.480 e. The van der Waals surface area contributed by atoms with Crippen molar-refractivity contribution in [3.63, 3.8) is 0 Å². The van der Waals surface area contributed by atoms with Crippen molar-refractivity contribution in [2.45, 2.75) is 25.9 Å². The smallest absolute Gasteiger partial charge is 0.325 e. The van der Waals surface area contributed by atoms with Gasteiger partial charge in [-0.25, -0.2) is 0 Å². The minimum Gasteiger partial charge on any atom is -0.480 e. The lowest BCUT2D eigenvalue weighted by atomic mass is 10.1. The number of aliphatic carboxylic acids is 1. The van der Waals surface area contributed by atoms with Crippen LogP contribution in [0.1, 0.15) is 25.5 Å². The maximum atomic E-state index is 11.1. The SMILES string of the molecule is CC(C)NC(C(=O)O)c1cc(Cl)ccc1Cl. The van der Waals surface area contributed by atoms with Crippen molar-refractivity contribution in [1.82, 2.24) is 5.32 Å². The van der Waals surface area contributed by atoms with E-state index in [4.69, 9.17) is 28.3 Å². The van der Waals surface area contributed by atoms with E-state index in [0.717, 1.165) is 0 Å². The number of rotatable bonds is 4. The molecule has 0 spiro atoms. The summed E-state index contributed by atoms with van der Waals surface area (Å²) in [5.74, 6) is -0.974. The third kappa shape index (κ3) is 3.37. The number of carboxylic acids is 1. The van der Waals surface area contributed by atoms with Crippen LogP contribution in [0.4, 0.5) is 0 Å². The predicted octanol–water partition coefficient (Wildman–Crippen LogP) is 3.12. The standard InChI is InChI=1S/C11H13Cl2NO2/c1-6(2)14-10(11(15)16)8-5-7(12)3-4-9(8)13/h3-6,10,14H,1-2H3,(H,15,16). The number of hydrogen-bond donors (Lipinski definition) is 2. The second kappa shape index (κ2) is 5.53. The van der Waals surface area contributed by atoms with Gasteiger partial charge >= 0.3 is 5.97 Å². The molecule has 0 heterocycles. The lowest BCUT2D eigenvalue weighted by Gasteiger charge is -2.18. The van der Waals surface area contributed by atoms with Crippen LogP contribution in [-0.2, 0) is 4.79 Å². The molecule has 3 nitrogen and oxygen atoms in total. The van der Waals surface area contributed by atoms with Crippen LogP contribution in [-0.4, -0.2) is 17.1 Å². The topological polar surface area (TPSA) is 49.3 Å². The molecule has 1 unspecified atom stereocenters. The van der Waals surface area contributed by atoms with Gasteiger partial charge < -0.3 is 5.11 Å². The van der Waals surface area contributed by atoms with Crippen LogP contribution in [0.5, 0.6) is 0 Å². The summed E-state index contributed by atoms with van der Waals surface area (Å²) in [5.41, 5.74) is 0.482. The van der Waals surface area contributed by atoms with Crippen molar-refractivity contribution >= 4 is 29.2 Å². The van der Waals surface area contributed by atoms with Gasteiger partial charge in [0, 0.05) is 21.7 Å². The van der Waals surface area contributed by atoms with Crippen molar-refractivity contribution in [3.05, 3.63) is 33.8 Å². The van der Waals surface area contributed by atoms with Crippen LogP contribution in [0.3, 0.4) is 0 Å². The highest BCUT2D eigenvalue weighted by Gasteiger charge is 2.22. The fourth-order valence-electron chi connectivity index (χ4n) is 1.36. The molecule has 0 aliphatic carbocycles. The summed E-state index contributed by atoms with van der Waals surface area (Å²) in [6.07, 6.45) is 0. The fourth-order valence-corrected chi connectivity index (χ4v) is 1.77. The average Bonchev–Trinajstić information content (AvgIpc) is 2.18. The molecular weight excluding hydrogens is 249 g/mol. The lowest BCUT2D eigenvalue weighted by molar-refractivity contribution is -0.139. The molecule has 0 bridgehead atoms. The molecule has 5 heteroatoms. The molecule has 0 saturated carbocycles. The number of hydrogen-bond acceptors (Lipinski definition) is 2. The van der Waals surface area contributed by atoms with Crippen molar-refractivity contribution in [2.75, 3.05) is 0 Å². The highest BCUT2D eigenvalue weighted by Crippen LogP contribution is 2.26. The molecule has 0 aliphatic rings. The minimum absolute atomic E-state index is 0.0381. The average molecular weight is 262 g/mol.